The lowest BCUT2D eigenvalue weighted by Crippen LogP contribution is -2.34. The lowest BCUT2D eigenvalue weighted by atomic mass is 10.2. The molecule has 1 aliphatic rings. The third-order valence-electron chi connectivity index (χ3n) is 3.23. The van der Waals surface area contributed by atoms with E-state index in [9.17, 15) is 4.79 Å². The number of rotatable bonds is 6. The molecule has 1 saturated heterocycles. The Bertz CT molecular complexity index is 414. The van der Waals surface area contributed by atoms with Crippen molar-refractivity contribution in [2.24, 2.45) is 5.73 Å². The number of hydrogen-bond acceptors (Lipinski definition) is 5. The fraction of sp³-hybridized carbons (Fsp3) is 0.750. The Morgan fingerprint density at radius 2 is 2.58 bits per heavy atom. The zero-order valence-electron chi connectivity index (χ0n) is 11.2. The van der Waals surface area contributed by atoms with Gasteiger partial charge >= 0.3 is 0 Å². The predicted molar refractivity (Wildman–Crippen MR) is 69.2 cm³/mol. The molecule has 0 bridgehead atoms. The predicted octanol–water partition coefficient (Wildman–Crippen LogP) is -0.0169. The van der Waals surface area contributed by atoms with Crippen molar-refractivity contribution in [1.82, 2.24) is 20.3 Å². The lowest BCUT2D eigenvalue weighted by molar-refractivity contribution is -0.122. The molecule has 3 N–H and O–H groups in total. The zero-order chi connectivity index (χ0) is 13.7. The second kappa shape index (κ2) is 6.63. The quantitative estimate of drug-likeness (QED) is 0.755. The molecule has 1 aliphatic heterocycles. The highest BCUT2D eigenvalue weighted by atomic mass is 16.5. The summed E-state index contributed by atoms with van der Waals surface area (Å²) >= 11 is 0. The van der Waals surface area contributed by atoms with E-state index in [1.54, 1.807) is 6.20 Å². The number of amides is 1. The van der Waals surface area contributed by atoms with Crippen LogP contribution in [-0.2, 0) is 16.1 Å². The lowest BCUT2D eigenvalue weighted by Gasteiger charge is -2.10. The van der Waals surface area contributed by atoms with E-state index in [1.807, 2.05) is 6.92 Å². The molecule has 0 radical (unpaired) electrons. The second-order valence-electron chi connectivity index (χ2n) is 4.79. The topological polar surface area (TPSA) is 95.1 Å². The Morgan fingerprint density at radius 3 is 3.26 bits per heavy atom. The first kappa shape index (κ1) is 14.0. The minimum Gasteiger partial charge on any atom is -0.376 e. The molecular weight excluding hydrogens is 246 g/mol. The van der Waals surface area contributed by atoms with Crippen LogP contribution in [0.25, 0.3) is 0 Å². The van der Waals surface area contributed by atoms with Crippen molar-refractivity contribution in [3.63, 3.8) is 0 Å². The standard InChI is InChI=1S/C12H21N5O2/c1-2-10(13)11-7-17(16-15-11)8-12(18)14-6-9-4-3-5-19-9/h7,9-10H,2-6,8,13H2,1H3,(H,14,18). The van der Waals surface area contributed by atoms with Crippen LogP contribution in [0.2, 0.25) is 0 Å². The number of nitrogens with one attached hydrogen (secondary N) is 1. The fourth-order valence-corrected chi connectivity index (χ4v) is 2.01. The molecule has 19 heavy (non-hydrogen) atoms. The van der Waals surface area contributed by atoms with Gasteiger partial charge in [-0.25, -0.2) is 4.68 Å². The van der Waals surface area contributed by atoms with Crippen LogP contribution in [0.4, 0.5) is 0 Å². The third kappa shape index (κ3) is 4.00. The summed E-state index contributed by atoms with van der Waals surface area (Å²) in [6.07, 6.45) is 4.76. The summed E-state index contributed by atoms with van der Waals surface area (Å²) < 4.78 is 6.95. The molecule has 7 nitrogen and oxygen atoms in total. The first-order valence-electron chi connectivity index (χ1n) is 6.73. The molecule has 2 atom stereocenters. The minimum atomic E-state index is -0.122. The third-order valence-corrected chi connectivity index (χ3v) is 3.23. The second-order valence-corrected chi connectivity index (χ2v) is 4.79. The Labute approximate surface area is 112 Å². The Kier molecular flexibility index (Phi) is 4.86. The van der Waals surface area contributed by atoms with E-state index >= 15 is 0 Å². The van der Waals surface area contributed by atoms with Crippen molar-refractivity contribution in [3.05, 3.63) is 11.9 Å². The summed E-state index contributed by atoms with van der Waals surface area (Å²) in [7, 11) is 0. The summed E-state index contributed by atoms with van der Waals surface area (Å²) in [6.45, 7) is 3.50. The van der Waals surface area contributed by atoms with Crippen LogP contribution in [0.5, 0.6) is 0 Å². The molecule has 1 aromatic heterocycles. The largest absolute Gasteiger partial charge is 0.376 e. The van der Waals surface area contributed by atoms with Gasteiger partial charge in [0.2, 0.25) is 5.91 Å². The van der Waals surface area contributed by atoms with Crippen LogP contribution < -0.4 is 11.1 Å². The average Bonchev–Trinajstić information content (AvgIpc) is 3.06. The molecule has 106 valence electrons. The first-order valence-corrected chi connectivity index (χ1v) is 6.73. The SMILES string of the molecule is CCC(N)c1cn(CC(=O)NCC2CCCO2)nn1. The normalized spacial score (nSPS) is 20.4. The van der Waals surface area contributed by atoms with Crippen molar-refractivity contribution >= 4 is 5.91 Å². The highest BCUT2D eigenvalue weighted by Gasteiger charge is 2.16. The monoisotopic (exact) mass is 267 g/mol. The van der Waals surface area contributed by atoms with Gasteiger partial charge in [-0.15, -0.1) is 5.10 Å². The van der Waals surface area contributed by atoms with Crippen molar-refractivity contribution in [3.8, 4) is 0 Å². The summed E-state index contributed by atoms with van der Waals surface area (Å²) in [5.74, 6) is -0.0861. The minimum absolute atomic E-state index is 0.0861. The summed E-state index contributed by atoms with van der Waals surface area (Å²) in [6, 6.07) is -0.122. The highest BCUT2D eigenvalue weighted by molar-refractivity contribution is 5.75. The Morgan fingerprint density at radius 1 is 1.74 bits per heavy atom. The van der Waals surface area contributed by atoms with E-state index in [0.717, 1.165) is 31.6 Å². The van der Waals surface area contributed by atoms with Crippen LogP contribution in [0.15, 0.2) is 6.20 Å². The number of aromatic nitrogens is 3. The molecule has 1 amide bonds. The molecule has 0 saturated carbocycles. The summed E-state index contributed by atoms with van der Waals surface area (Å²) in [5, 5.41) is 10.7. The molecule has 7 heteroatoms. The molecule has 1 fully saturated rings. The van der Waals surface area contributed by atoms with Gasteiger partial charge in [0, 0.05) is 13.2 Å². The van der Waals surface area contributed by atoms with E-state index in [2.05, 4.69) is 15.6 Å². The average molecular weight is 267 g/mol. The van der Waals surface area contributed by atoms with Gasteiger partial charge in [-0.1, -0.05) is 12.1 Å². The highest BCUT2D eigenvalue weighted by Crippen LogP contribution is 2.10. The van der Waals surface area contributed by atoms with Crippen LogP contribution in [0.1, 0.15) is 37.9 Å². The zero-order valence-corrected chi connectivity index (χ0v) is 11.2. The van der Waals surface area contributed by atoms with Crippen molar-refractivity contribution < 1.29 is 9.53 Å². The maximum Gasteiger partial charge on any atom is 0.241 e. The van der Waals surface area contributed by atoms with E-state index in [0.29, 0.717) is 6.54 Å². The maximum absolute atomic E-state index is 11.7. The molecule has 0 aliphatic carbocycles. The smallest absolute Gasteiger partial charge is 0.241 e. The number of nitrogens with zero attached hydrogens (tertiary/aromatic N) is 3. The van der Waals surface area contributed by atoms with E-state index in [1.165, 1.54) is 4.68 Å². The van der Waals surface area contributed by atoms with Gasteiger partial charge in [0.25, 0.3) is 0 Å². The van der Waals surface area contributed by atoms with E-state index < -0.39 is 0 Å². The number of nitrogens with two attached hydrogens (primary N) is 1. The van der Waals surface area contributed by atoms with Crippen LogP contribution in [0.3, 0.4) is 0 Å². The molecule has 0 aromatic carbocycles. The van der Waals surface area contributed by atoms with Crippen molar-refractivity contribution in [2.45, 2.75) is 44.9 Å². The van der Waals surface area contributed by atoms with Gasteiger partial charge in [-0.3, -0.25) is 4.79 Å². The van der Waals surface area contributed by atoms with Crippen LogP contribution in [0, 0.1) is 0 Å². The molecule has 2 rings (SSSR count). The van der Waals surface area contributed by atoms with Crippen molar-refractivity contribution in [2.75, 3.05) is 13.2 Å². The summed E-state index contributed by atoms with van der Waals surface area (Å²) in [5.41, 5.74) is 6.56. The van der Waals surface area contributed by atoms with Gasteiger partial charge in [0.05, 0.1) is 24.0 Å². The van der Waals surface area contributed by atoms with Gasteiger partial charge in [0.1, 0.15) is 6.54 Å². The van der Waals surface area contributed by atoms with E-state index in [-0.39, 0.29) is 24.6 Å². The molecular formula is C12H21N5O2. The molecule has 1 aromatic rings. The molecule has 2 unspecified atom stereocenters. The van der Waals surface area contributed by atoms with Crippen molar-refractivity contribution in [1.29, 1.82) is 0 Å². The Balaban J connectivity index is 1.76. The van der Waals surface area contributed by atoms with Gasteiger partial charge in [0.15, 0.2) is 0 Å². The summed E-state index contributed by atoms with van der Waals surface area (Å²) in [4.78, 5) is 11.7. The Hall–Kier alpha value is -1.47. The van der Waals surface area contributed by atoms with E-state index in [4.69, 9.17) is 10.5 Å². The number of ether oxygens (including phenoxy) is 1. The molecule has 2 heterocycles. The van der Waals surface area contributed by atoms with Gasteiger partial charge < -0.3 is 15.8 Å². The van der Waals surface area contributed by atoms with Crippen LogP contribution >= 0.6 is 0 Å². The van der Waals surface area contributed by atoms with Gasteiger partial charge in [-0.2, -0.15) is 0 Å². The number of hydrogen-bond donors (Lipinski definition) is 2. The van der Waals surface area contributed by atoms with Crippen LogP contribution in [-0.4, -0.2) is 40.2 Å². The number of carbonyl (C=O) groups is 1. The maximum atomic E-state index is 11.7. The fourth-order valence-electron chi connectivity index (χ4n) is 2.01. The first-order chi connectivity index (χ1) is 9.19. The molecule has 0 spiro atoms. The number of carbonyl (C=O) groups excluding carboxylic acids is 1. The van der Waals surface area contributed by atoms with Gasteiger partial charge in [-0.05, 0) is 19.3 Å².